The standard InChI is InChI=1S/C11H12N4O/c1-12-10(16)8-15-7-6-14-11(15)9-2-4-13-5-3-9/h2-7H,8H2,1H3,(H,12,16). The minimum Gasteiger partial charge on any atom is -0.358 e. The number of hydrogen-bond acceptors (Lipinski definition) is 3. The van der Waals surface area contributed by atoms with Gasteiger partial charge < -0.3 is 9.88 Å². The van der Waals surface area contributed by atoms with Crippen molar-refractivity contribution in [3.05, 3.63) is 36.9 Å². The van der Waals surface area contributed by atoms with E-state index in [0.717, 1.165) is 11.4 Å². The normalized spacial score (nSPS) is 10.1. The van der Waals surface area contributed by atoms with E-state index in [0.29, 0.717) is 0 Å². The molecular formula is C11H12N4O. The van der Waals surface area contributed by atoms with Crippen LogP contribution in [-0.2, 0) is 11.3 Å². The van der Waals surface area contributed by atoms with Crippen molar-refractivity contribution in [3.63, 3.8) is 0 Å². The van der Waals surface area contributed by atoms with E-state index in [1.165, 1.54) is 0 Å². The third-order valence-corrected chi connectivity index (χ3v) is 2.25. The third kappa shape index (κ3) is 2.08. The van der Waals surface area contributed by atoms with E-state index in [2.05, 4.69) is 15.3 Å². The van der Waals surface area contributed by atoms with Crippen molar-refractivity contribution in [3.8, 4) is 11.4 Å². The summed E-state index contributed by atoms with van der Waals surface area (Å²) in [5.74, 6) is 0.722. The van der Waals surface area contributed by atoms with Gasteiger partial charge in [-0.1, -0.05) is 0 Å². The van der Waals surface area contributed by atoms with Crippen LogP contribution < -0.4 is 5.32 Å². The number of carbonyl (C=O) groups is 1. The molecular weight excluding hydrogens is 204 g/mol. The Balaban J connectivity index is 2.29. The second-order valence-corrected chi connectivity index (χ2v) is 3.29. The SMILES string of the molecule is CNC(=O)Cn1ccnc1-c1ccncc1. The number of pyridine rings is 1. The van der Waals surface area contributed by atoms with Gasteiger partial charge >= 0.3 is 0 Å². The molecule has 5 heteroatoms. The Hall–Kier alpha value is -2.17. The molecule has 2 aromatic rings. The molecule has 0 aliphatic carbocycles. The van der Waals surface area contributed by atoms with Crippen LogP contribution in [0.5, 0.6) is 0 Å². The topological polar surface area (TPSA) is 59.8 Å². The first-order chi connectivity index (χ1) is 7.81. The number of carbonyl (C=O) groups excluding carboxylic acids is 1. The fraction of sp³-hybridized carbons (Fsp3) is 0.182. The zero-order valence-corrected chi connectivity index (χ0v) is 8.92. The molecule has 0 bridgehead atoms. The van der Waals surface area contributed by atoms with E-state index >= 15 is 0 Å². The van der Waals surface area contributed by atoms with E-state index in [4.69, 9.17) is 0 Å². The first-order valence-corrected chi connectivity index (χ1v) is 4.93. The predicted molar refractivity (Wildman–Crippen MR) is 59.5 cm³/mol. The average molecular weight is 216 g/mol. The predicted octanol–water partition coefficient (Wildman–Crippen LogP) is 0.691. The maximum Gasteiger partial charge on any atom is 0.239 e. The van der Waals surface area contributed by atoms with Gasteiger partial charge in [-0.25, -0.2) is 4.98 Å². The summed E-state index contributed by atoms with van der Waals surface area (Å²) in [6, 6.07) is 3.73. The summed E-state index contributed by atoms with van der Waals surface area (Å²) in [6.45, 7) is 0.272. The van der Waals surface area contributed by atoms with Crippen molar-refractivity contribution in [1.29, 1.82) is 0 Å². The Kier molecular flexibility index (Phi) is 2.95. The molecule has 1 N–H and O–H groups in total. The number of nitrogens with one attached hydrogen (secondary N) is 1. The van der Waals surface area contributed by atoms with Crippen LogP contribution in [-0.4, -0.2) is 27.5 Å². The monoisotopic (exact) mass is 216 g/mol. The second kappa shape index (κ2) is 4.57. The van der Waals surface area contributed by atoms with Crippen molar-refractivity contribution in [2.45, 2.75) is 6.54 Å². The van der Waals surface area contributed by atoms with Crippen LogP contribution in [0, 0.1) is 0 Å². The largest absolute Gasteiger partial charge is 0.358 e. The number of nitrogens with zero attached hydrogens (tertiary/aromatic N) is 3. The molecule has 2 rings (SSSR count). The fourth-order valence-corrected chi connectivity index (χ4v) is 1.43. The lowest BCUT2D eigenvalue weighted by molar-refractivity contribution is -0.121. The number of imidazole rings is 1. The van der Waals surface area contributed by atoms with Gasteiger partial charge in [-0.05, 0) is 12.1 Å². The van der Waals surface area contributed by atoms with Gasteiger partial charge in [0, 0.05) is 37.4 Å². The summed E-state index contributed by atoms with van der Waals surface area (Å²) in [5.41, 5.74) is 0.948. The van der Waals surface area contributed by atoms with Gasteiger partial charge in [0.25, 0.3) is 0 Å². The second-order valence-electron chi connectivity index (χ2n) is 3.29. The Morgan fingerprint density at radius 2 is 2.12 bits per heavy atom. The summed E-state index contributed by atoms with van der Waals surface area (Å²) < 4.78 is 1.80. The smallest absolute Gasteiger partial charge is 0.239 e. The van der Waals surface area contributed by atoms with E-state index in [9.17, 15) is 4.79 Å². The lowest BCUT2D eigenvalue weighted by atomic mass is 10.2. The zero-order chi connectivity index (χ0) is 11.4. The first kappa shape index (κ1) is 10.4. The van der Waals surface area contributed by atoms with Crippen molar-refractivity contribution in [2.24, 2.45) is 0 Å². The summed E-state index contributed by atoms with van der Waals surface area (Å²) in [6.07, 6.45) is 6.87. The molecule has 0 radical (unpaired) electrons. The van der Waals surface area contributed by atoms with E-state index in [1.807, 2.05) is 12.1 Å². The van der Waals surface area contributed by atoms with Gasteiger partial charge in [-0.2, -0.15) is 0 Å². The first-order valence-electron chi connectivity index (χ1n) is 4.93. The van der Waals surface area contributed by atoms with Crippen molar-refractivity contribution in [1.82, 2.24) is 19.9 Å². The van der Waals surface area contributed by atoms with Crippen LogP contribution in [0.3, 0.4) is 0 Å². The van der Waals surface area contributed by atoms with Crippen LogP contribution in [0.2, 0.25) is 0 Å². The summed E-state index contributed by atoms with van der Waals surface area (Å²) >= 11 is 0. The third-order valence-electron chi connectivity index (χ3n) is 2.25. The lowest BCUT2D eigenvalue weighted by Crippen LogP contribution is -2.23. The highest BCUT2D eigenvalue weighted by atomic mass is 16.1. The van der Waals surface area contributed by atoms with Crippen molar-refractivity contribution in [2.75, 3.05) is 7.05 Å². The summed E-state index contributed by atoms with van der Waals surface area (Å²) in [4.78, 5) is 19.5. The van der Waals surface area contributed by atoms with Gasteiger partial charge in [0.1, 0.15) is 12.4 Å². The van der Waals surface area contributed by atoms with E-state index in [1.54, 1.807) is 36.4 Å². The molecule has 0 saturated heterocycles. The number of aromatic nitrogens is 3. The van der Waals surface area contributed by atoms with E-state index < -0.39 is 0 Å². The highest BCUT2D eigenvalue weighted by molar-refractivity contribution is 5.76. The molecule has 0 saturated carbocycles. The van der Waals surface area contributed by atoms with Crippen LogP contribution in [0.25, 0.3) is 11.4 Å². The van der Waals surface area contributed by atoms with Crippen LogP contribution in [0.1, 0.15) is 0 Å². The fourth-order valence-electron chi connectivity index (χ4n) is 1.43. The molecule has 0 unspecified atom stereocenters. The van der Waals surface area contributed by atoms with Crippen LogP contribution >= 0.6 is 0 Å². The number of hydrogen-bond donors (Lipinski definition) is 1. The highest BCUT2D eigenvalue weighted by Crippen LogP contribution is 2.15. The van der Waals surface area contributed by atoms with Gasteiger partial charge in [-0.3, -0.25) is 9.78 Å². The molecule has 2 aromatic heterocycles. The lowest BCUT2D eigenvalue weighted by Gasteiger charge is -2.06. The molecule has 0 aliphatic rings. The molecule has 82 valence electrons. The van der Waals surface area contributed by atoms with Gasteiger partial charge in [0.05, 0.1) is 0 Å². The number of amides is 1. The zero-order valence-electron chi connectivity index (χ0n) is 8.92. The van der Waals surface area contributed by atoms with Crippen molar-refractivity contribution >= 4 is 5.91 Å². The maximum absolute atomic E-state index is 11.3. The molecule has 2 heterocycles. The molecule has 5 nitrogen and oxygen atoms in total. The minimum atomic E-state index is -0.0479. The maximum atomic E-state index is 11.3. The van der Waals surface area contributed by atoms with Gasteiger partial charge in [-0.15, -0.1) is 0 Å². The molecule has 16 heavy (non-hydrogen) atoms. The minimum absolute atomic E-state index is 0.0479. The van der Waals surface area contributed by atoms with Gasteiger partial charge in [0.2, 0.25) is 5.91 Å². The number of rotatable bonds is 3. The molecule has 0 atom stereocenters. The van der Waals surface area contributed by atoms with Crippen LogP contribution in [0.4, 0.5) is 0 Å². The Morgan fingerprint density at radius 3 is 2.81 bits per heavy atom. The average Bonchev–Trinajstić information content (AvgIpc) is 2.78. The quantitative estimate of drug-likeness (QED) is 0.821. The van der Waals surface area contributed by atoms with Crippen LogP contribution in [0.15, 0.2) is 36.9 Å². The Morgan fingerprint density at radius 1 is 1.38 bits per heavy atom. The Labute approximate surface area is 93.2 Å². The van der Waals surface area contributed by atoms with E-state index in [-0.39, 0.29) is 12.5 Å². The highest BCUT2D eigenvalue weighted by Gasteiger charge is 2.07. The summed E-state index contributed by atoms with van der Waals surface area (Å²) in [7, 11) is 1.62. The molecule has 0 fully saturated rings. The van der Waals surface area contributed by atoms with Crippen molar-refractivity contribution < 1.29 is 4.79 Å². The molecule has 0 aliphatic heterocycles. The molecule has 0 aromatic carbocycles. The summed E-state index contributed by atoms with van der Waals surface area (Å²) in [5, 5.41) is 2.58. The molecule has 1 amide bonds. The number of likely N-dealkylation sites (N-methyl/N-ethyl adjacent to an activating group) is 1. The van der Waals surface area contributed by atoms with Gasteiger partial charge in [0.15, 0.2) is 0 Å². The Bertz CT molecular complexity index is 478. The molecule has 0 spiro atoms.